The van der Waals surface area contributed by atoms with Crippen LogP contribution in [0, 0.1) is 0 Å². The maximum absolute atomic E-state index is 12.1. The van der Waals surface area contributed by atoms with E-state index in [0.717, 1.165) is 22.4 Å². The second kappa shape index (κ2) is 8.97. The number of aliphatic hydroxyl groups excluding tert-OH is 1. The monoisotopic (exact) mass is 375 g/mol. The van der Waals surface area contributed by atoms with Gasteiger partial charge in [0.2, 0.25) is 5.91 Å². The van der Waals surface area contributed by atoms with Crippen molar-refractivity contribution in [3.05, 3.63) is 90.0 Å². The van der Waals surface area contributed by atoms with Gasteiger partial charge in [-0.25, -0.2) is 4.79 Å². The second-order valence-corrected chi connectivity index (χ2v) is 6.38. The van der Waals surface area contributed by atoms with Gasteiger partial charge in [-0.15, -0.1) is 0 Å². The first kappa shape index (κ1) is 19.3. The first-order valence-corrected chi connectivity index (χ1v) is 8.89. The number of amides is 1. The summed E-state index contributed by atoms with van der Waals surface area (Å²) in [5.41, 5.74) is 3.95. The van der Waals surface area contributed by atoms with Crippen molar-refractivity contribution in [2.75, 3.05) is 5.32 Å². The SMILES string of the molecule is CC(=O)Nc1ccc(-c2ccc(C(O)C(=O)OCc3ccccc3)cc2)cc1. The summed E-state index contributed by atoms with van der Waals surface area (Å²) >= 11 is 0. The minimum absolute atomic E-state index is 0.120. The van der Waals surface area contributed by atoms with Crippen molar-refractivity contribution in [2.45, 2.75) is 19.6 Å². The Bertz CT molecular complexity index is 935. The molecule has 0 aliphatic heterocycles. The summed E-state index contributed by atoms with van der Waals surface area (Å²) < 4.78 is 5.18. The molecule has 0 saturated carbocycles. The largest absolute Gasteiger partial charge is 0.459 e. The Hall–Kier alpha value is -3.44. The summed E-state index contributed by atoms with van der Waals surface area (Å²) in [6.45, 7) is 1.58. The van der Waals surface area contributed by atoms with Crippen LogP contribution in [-0.2, 0) is 20.9 Å². The van der Waals surface area contributed by atoms with E-state index in [0.29, 0.717) is 5.56 Å². The van der Waals surface area contributed by atoms with E-state index >= 15 is 0 Å². The maximum atomic E-state index is 12.1. The smallest absolute Gasteiger partial charge is 0.339 e. The molecule has 5 nitrogen and oxygen atoms in total. The van der Waals surface area contributed by atoms with Gasteiger partial charge in [-0.1, -0.05) is 66.7 Å². The van der Waals surface area contributed by atoms with Crippen LogP contribution < -0.4 is 5.32 Å². The molecular formula is C23H21NO4. The molecule has 1 atom stereocenters. The lowest BCUT2D eigenvalue weighted by atomic mass is 10.0. The second-order valence-electron chi connectivity index (χ2n) is 6.38. The first-order chi connectivity index (χ1) is 13.5. The molecule has 28 heavy (non-hydrogen) atoms. The van der Waals surface area contributed by atoms with E-state index in [1.807, 2.05) is 66.7 Å². The molecule has 0 heterocycles. The highest BCUT2D eigenvalue weighted by molar-refractivity contribution is 5.89. The zero-order valence-corrected chi connectivity index (χ0v) is 15.5. The summed E-state index contributed by atoms with van der Waals surface area (Å²) in [5, 5.41) is 13.0. The molecule has 0 bridgehead atoms. The summed E-state index contributed by atoms with van der Waals surface area (Å²) in [7, 11) is 0. The van der Waals surface area contributed by atoms with Crippen LogP contribution >= 0.6 is 0 Å². The van der Waals surface area contributed by atoms with Crippen LogP contribution in [0.15, 0.2) is 78.9 Å². The van der Waals surface area contributed by atoms with E-state index in [2.05, 4.69) is 5.32 Å². The van der Waals surface area contributed by atoms with E-state index in [9.17, 15) is 14.7 Å². The number of esters is 1. The summed E-state index contributed by atoms with van der Waals surface area (Å²) in [6.07, 6.45) is -1.33. The van der Waals surface area contributed by atoms with Gasteiger partial charge < -0.3 is 15.2 Å². The van der Waals surface area contributed by atoms with Gasteiger partial charge >= 0.3 is 5.97 Å². The average molecular weight is 375 g/mol. The van der Waals surface area contributed by atoms with Crippen LogP contribution in [-0.4, -0.2) is 17.0 Å². The lowest BCUT2D eigenvalue weighted by Crippen LogP contribution is -2.15. The standard InChI is InChI=1S/C23H21NO4/c1-16(25)24-21-13-11-19(12-14-21)18-7-9-20(10-8-18)22(26)23(27)28-15-17-5-3-2-4-6-17/h2-14,22,26H,15H2,1H3,(H,24,25). The van der Waals surface area contributed by atoms with Crippen LogP contribution in [0.25, 0.3) is 11.1 Å². The molecule has 0 spiro atoms. The molecule has 0 aliphatic rings. The van der Waals surface area contributed by atoms with E-state index in [1.165, 1.54) is 6.92 Å². The number of hydrogen-bond acceptors (Lipinski definition) is 4. The van der Waals surface area contributed by atoms with E-state index in [1.54, 1.807) is 12.1 Å². The van der Waals surface area contributed by atoms with E-state index in [4.69, 9.17) is 4.74 Å². The minimum Gasteiger partial charge on any atom is -0.459 e. The quantitative estimate of drug-likeness (QED) is 0.637. The van der Waals surface area contributed by atoms with Gasteiger partial charge in [-0.2, -0.15) is 0 Å². The number of ether oxygens (including phenoxy) is 1. The number of benzene rings is 3. The molecule has 5 heteroatoms. The average Bonchev–Trinajstić information content (AvgIpc) is 2.72. The minimum atomic E-state index is -1.33. The Balaban J connectivity index is 1.62. The Morgan fingerprint density at radius 3 is 2.04 bits per heavy atom. The van der Waals surface area contributed by atoms with Crippen molar-refractivity contribution in [1.82, 2.24) is 0 Å². The van der Waals surface area contributed by atoms with Crippen molar-refractivity contribution >= 4 is 17.6 Å². The molecule has 3 aromatic rings. The van der Waals surface area contributed by atoms with E-state index in [-0.39, 0.29) is 12.5 Å². The summed E-state index contributed by atoms with van der Waals surface area (Å²) in [5.74, 6) is -0.804. The Morgan fingerprint density at radius 2 is 1.46 bits per heavy atom. The Morgan fingerprint density at radius 1 is 0.893 bits per heavy atom. The van der Waals surface area contributed by atoms with Crippen LogP contribution in [0.2, 0.25) is 0 Å². The Labute approximate surface area is 163 Å². The predicted molar refractivity (Wildman–Crippen MR) is 107 cm³/mol. The van der Waals surface area contributed by atoms with Crippen molar-refractivity contribution in [1.29, 1.82) is 0 Å². The fraction of sp³-hybridized carbons (Fsp3) is 0.130. The summed E-state index contributed by atoms with van der Waals surface area (Å²) in [4.78, 5) is 23.2. The molecular weight excluding hydrogens is 354 g/mol. The van der Waals surface area contributed by atoms with Gasteiger partial charge in [0.25, 0.3) is 0 Å². The predicted octanol–water partition coefficient (Wildman–Crippen LogP) is 4.09. The lowest BCUT2D eigenvalue weighted by molar-refractivity contribution is -0.155. The normalized spacial score (nSPS) is 11.5. The van der Waals surface area contributed by atoms with Gasteiger partial charge in [-0.3, -0.25) is 4.79 Å². The number of aliphatic hydroxyl groups is 1. The van der Waals surface area contributed by atoms with E-state index < -0.39 is 12.1 Å². The number of anilines is 1. The number of carbonyl (C=O) groups is 2. The zero-order valence-electron chi connectivity index (χ0n) is 15.5. The molecule has 0 radical (unpaired) electrons. The Kier molecular flexibility index (Phi) is 6.19. The number of nitrogens with one attached hydrogen (secondary N) is 1. The topological polar surface area (TPSA) is 75.6 Å². The highest BCUT2D eigenvalue weighted by Gasteiger charge is 2.19. The molecule has 0 aliphatic carbocycles. The van der Waals surface area contributed by atoms with Crippen molar-refractivity contribution in [2.24, 2.45) is 0 Å². The van der Waals surface area contributed by atoms with Crippen LogP contribution in [0.5, 0.6) is 0 Å². The molecule has 2 N–H and O–H groups in total. The van der Waals surface area contributed by atoms with Gasteiger partial charge in [0.1, 0.15) is 6.61 Å². The number of hydrogen-bond donors (Lipinski definition) is 2. The molecule has 0 aromatic heterocycles. The molecule has 1 unspecified atom stereocenters. The zero-order chi connectivity index (χ0) is 19.9. The fourth-order valence-electron chi connectivity index (χ4n) is 2.75. The molecule has 142 valence electrons. The summed E-state index contributed by atoms with van der Waals surface area (Å²) in [6, 6.07) is 23.8. The number of rotatable bonds is 6. The highest BCUT2D eigenvalue weighted by atomic mass is 16.5. The van der Waals surface area contributed by atoms with Crippen LogP contribution in [0.4, 0.5) is 5.69 Å². The van der Waals surface area contributed by atoms with Gasteiger partial charge in [0, 0.05) is 12.6 Å². The molecule has 1 amide bonds. The molecule has 3 aromatic carbocycles. The third-order valence-corrected chi connectivity index (χ3v) is 4.21. The van der Waals surface area contributed by atoms with Crippen LogP contribution in [0.3, 0.4) is 0 Å². The molecule has 0 saturated heterocycles. The van der Waals surface area contributed by atoms with Gasteiger partial charge in [0.05, 0.1) is 0 Å². The molecule has 3 rings (SSSR count). The number of carbonyl (C=O) groups excluding carboxylic acids is 2. The van der Waals surface area contributed by atoms with Crippen LogP contribution in [0.1, 0.15) is 24.2 Å². The third-order valence-electron chi connectivity index (χ3n) is 4.21. The maximum Gasteiger partial charge on any atom is 0.339 e. The fourth-order valence-corrected chi connectivity index (χ4v) is 2.75. The first-order valence-electron chi connectivity index (χ1n) is 8.89. The van der Waals surface area contributed by atoms with Crippen molar-refractivity contribution < 1.29 is 19.4 Å². The lowest BCUT2D eigenvalue weighted by Gasteiger charge is -2.12. The highest BCUT2D eigenvalue weighted by Crippen LogP contribution is 2.24. The van der Waals surface area contributed by atoms with Crippen molar-refractivity contribution in [3.8, 4) is 11.1 Å². The van der Waals surface area contributed by atoms with Gasteiger partial charge in [0.15, 0.2) is 6.10 Å². The van der Waals surface area contributed by atoms with Gasteiger partial charge in [-0.05, 0) is 34.4 Å². The third kappa shape index (κ3) is 5.05. The van der Waals surface area contributed by atoms with Crippen molar-refractivity contribution in [3.63, 3.8) is 0 Å². The molecule has 0 fully saturated rings.